The number of alkyl halides is 1. The number of fused-ring (bicyclic) bond motifs is 1. The summed E-state index contributed by atoms with van der Waals surface area (Å²) in [6.45, 7) is -0.348. The second kappa shape index (κ2) is 4.69. The highest BCUT2D eigenvalue weighted by atomic mass is 32.2. The topological polar surface area (TPSA) is 72.2 Å². The molecule has 1 heterocycles. The van der Waals surface area contributed by atoms with Gasteiger partial charge in [-0.15, -0.1) is 11.3 Å². The van der Waals surface area contributed by atoms with Crippen LogP contribution in [0.1, 0.15) is 11.7 Å². The van der Waals surface area contributed by atoms with Gasteiger partial charge >= 0.3 is 0 Å². The average Bonchev–Trinajstić information content (AvgIpc) is 2.68. The summed E-state index contributed by atoms with van der Waals surface area (Å²) in [5.74, 6) is 0. The molecule has 4 nitrogen and oxygen atoms in total. The third kappa shape index (κ3) is 3.01. The molecule has 0 saturated carbocycles. The van der Waals surface area contributed by atoms with E-state index in [1.807, 2.05) is 29.0 Å². The molecule has 92 valence electrons. The fourth-order valence-electron chi connectivity index (χ4n) is 1.54. The first-order valence-electron chi connectivity index (χ1n) is 4.85. The third-order valence-electron chi connectivity index (χ3n) is 2.31. The van der Waals surface area contributed by atoms with Crippen molar-refractivity contribution < 1.29 is 12.8 Å². The smallest absolute Gasteiger partial charge is 0.241 e. The van der Waals surface area contributed by atoms with E-state index in [-0.39, 0.29) is 6.54 Å². The molecular formula is C10H11FN2O2S2. The van der Waals surface area contributed by atoms with Crippen LogP contribution in [-0.2, 0) is 10.2 Å². The first kappa shape index (κ1) is 12.4. The maximum Gasteiger partial charge on any atom is 0.274 e. The Hall–Kier alpha value is -1.02. The molecule has 17 heavy (non-hydrogen) atoms. The summed E-state index contributed by atoms with van der Waals surface area (Å²) in [4.78, 5) is 0. The SMILES string of the molecule is NS(=O)(=O)NCC(F)c1csc2ccccc12. The van der Waals surface area contributed by atoms with Gasteiger partial charge in [-0.1, -0.05) is 18.2 Å². The van der Waals surface area contributed by atoms with E-state index in [1.54, 1.807) is 5.38 Å². The number of benzene rings is 1. The lowest BCUT2D eigenvalue weighted by Crippen LogP contribution is -2.33. The second-order valence-corrected chi connectivity index (χ2v) is 5.84. The van der Waals surface area contributed by atoms with E-state index in [4.69, 9.17) is 5.14 Å². The number of thiophene rings is 1. The number of hydrogen-bond acceptors (Lipinski definition) is 3. The minimum Gasteiger partial charge on any atom is -0.241 e. The van der Waals surface area contributed by atoms with Gasteiger partial charge in [-0.25, -0.2) is 9.53 Å². The molecule has 3 N–H and O–H groups in total. The Bertz CT molecular complexity index is 624. The number of nitrogens with two attached hydrogens (primary N) is 1. The van der Waals surface area contributed by atoms with Crippen LogP contribution >= 0.6 is 11.3 Å². The zero-order valence-corrected chi connectivity index (χ0v) is 10.4. The maximum absolute atomic E-state index is 13.9. The van der Waals surface area contributed by atoms with Crippen molar-refractivity contribution in [2.24, 2.45) is 5.14 Å². The summed E-state index contributed by atoms with van der Waals surface area (Å²) in [5, 5.41) is 7.25. The largest absolute Gasteiger partial charge is 0.274 e. The van der Waals surface area contributed by atoms with Crippen molar-refractivity contribution in [1.82, 2.24) is 4.72 Å². The Morgan fingerprint density at radius 1 is 1.41 bits per heavy atom. The fourth-order valence-corrected chi connectivity index (χ4v) is 2.92. The molecular weight excluding hydrogens is 263 g/mol. The fraction of sp³-hybridized carbons (Fsp3) is 0.200. The number of rotatable bonds is 4. The molecule has 2 aromatic rings. The molecule has 0 spiro atoms. The first-order chi connectivity index (χ1) is 7.97. The summed E-state index contributed by atoms with van der Waals surface area (Å²) in [6.07, 6.45) is -1.40. The molecule has 0 saturated heterocycles. The maximum atomic E-state index is 13.9. The van der Waals surface area contributed by atoms with Gasteiger partial charge in [-0.2, -0.15) is 13.1 Å². The molecule has 1 atom stereocenters. The normalized spacial score (nSPS) is 14.0. The third-order valence-corrected chi connectivity index (χ3v) is 3.86. The molecule has 0 aliphatic rings. The standard InChI is InChI=1S/C10H11FN2O2S2/c11-9(5-13-17(12,14)15)8-6-16-10-4-2-1-3-7(8)10/h1-4,6,9,13H,5H2,(H2,12,14,15). The molecule has 0 amide bonds. The molecule has 0 fully saturated rings. The molecule has 0 aliphatic heterocycles. The Kier molecular flexibility index (Phi) is 3.43. The molecule has 1 aromatic carbocycles. The Labute approximate surface area is 102 Å². The van der Waals surface area contributed by atoms with Crippen molar-refractivity contribution in [3.63, 3.8) is 0 Å². The van der Waals surface area contributed by atoms with Gasteiger partial charge in [0.25, 0.3) is 10.2 Å². The summed E-state index contributed by atoms with van der Waals surface area (Å²) in [6, 6.07) is 7.39. The zero-order valence-electron chi connectivity index (χ0n) is 8.76. The molecule has 1 unspecified atom stereocenters. The van der Waals surface area contributed by atoms with Crippen LogP contribution in [0.25, 0.3) is 10.1 Å². The Morgan fingerprint density at radius 3 is 2.82 bits per heavy atom. The van der Waals surface area contributed by atoms with Gasteiger partial charge in [0.2, 0.25) is 0 Å². The highest BCUT2D eigenvalue weighted by molar-refractivity contribution is 7.87. The highest BCUT2D eigenvalue weighted by Crippen LogP contribution is 2.31. The molecule has 0 bridgehead atoms. The van der Waals surface area contributed by atoms with Crippen molar-refractivity contribution in [2.45, 2.75) is 6.17 Å². The molecule has 0 radical (unpaired) electrons. The van der Waals surface area contributed by atoms with Gasteiger partial charge in [0.1, 0.15) is 6.17 Å². The van der Waals surface area contributed by atoms with Crippen molar-refractivity contribution in [1.29, 1.82) is 0 Å². The van der Waals surface area contributed by atoms with Crippen LogP contribution in [0.2, 0.25) is 0 Å². The van der Waals surface area contributed by atoms with Crippen LogP contribution in [0.4, 0.5) is 4.39 Å². The summed E-state index contributed by atoms with van der Waals surface area (Å²) >= 11 is 1.43. The van der Waals surface area contributed by atoms with Crippen LogP contribution in [-0.4, -0.2) is 15.0 Å². The summed E-state index contributed by atoms with van der Waals surface area (Å²) < 4.78 is 38.1. The van der Waals surface area contributed by atoms with Crippen molar-refractivity contribution in [3.05, 3.63) is 35.2 Å². The highest BCUT2D eigenvalue weighted by Gasteiger charge is 2.16. The zero-order chi connectivity index (χ0) is 12.5. The Morgan fingerprint density at radius 2 is 2.12 bits per heavy atom. The van der Waals surface area contributed by atoms with Gasteiger partial charge in [-0.05, 0) is 16.8 Å². The quantitative estimate of drug-likeness (QED) is 0.890. The van der Waals surface area contributed by atoms with E-state index in [9.17, 15) is 12.8 Å². The van der Waals surface area contributed by atoms with E-state index in [0.29, 0.717) is 5.56 Å². The minimum atomic E-state index is -3.85. The number of hydrogen-bond donors (Lipinski definition) is 2. The number of halogens is 1. The molecule has 1 aromatic heterocycles. The predicted octanol–water partition coefficient (Wildman–Crippen LogP) is 1.71. The van der Waals surface area contributed by atoms with Crippen LogP contribution in [0.5, 0.6) is 0 Å². The lowest BCUT2D eigenvalue weighted by molar-refractivity contribution is 0.346. The van der Waals surface area contributed by atoms with Gasteiger partial charge in [0.15, 0.2) is 0 Å². The first-order valence-corrected chi connectivity index (χ1v) is 7.27. The summed E-state index contributed by atoms with van der Waals surface area (Å²) in [5.41, 5.74) is 0.488. The predicted molar refractivity (Wildman–Crippen MR) is 66.8 cm³/mol. The Balaban J connectivity index is 2.22. The number of nitrogens with one attached hydrogen (secondary N) is 1. The van der Waals surface area contributed by atoms with Crippen LogP contribution in [0.3, 0.4) is 0 Å². The molecule has 7 heteroatoms. The lowest BCUT2D eigenvalue weighted by atomic mass is 10.1. The van der Waals surface area contributed by atoms with E-state index < -0.39 is 16.4 Å². The van der Waals surface area contributed by atoms with Crippen LogP contribution in [0, 0.1) is 0 Å². The van der Waals surface area contributed by atoms with E-state index in [0.717, 1.165) is 10.1 Å². The van der Waals surface area contributed by atoms with Gasteiger partial charge in [-0.3, -0.25) is 0 Å². The van der Waals surface area contributed by atoms with Gasteiger partial charge in [0.05, 0.1) is 0 Å². The van der Waals surface area contributed by atoms with Crippen LogP contribution < -0.4 is 9.86 Å². The monoisotopic (exact) mass is 274 g/mol. The summed E-state index contributed by atoms with van der Waals surface area (Å²) in [7, 11) is -3.85. The average molecular weight is 274 g/mol. The van der Waals surface area contributed by atoms with Crippen molar-refractivity contribution in [3.8, 4) is 0 Å². The minimum absolute atomic E-state index is 0.348. The lowest BCUT2D eigenvalue weighted by Gasteiger charge is -2.07. The van der Waals surface area contributed by atoms with E-state index in [1.165, 1.54) is 11.3 Å². The molecule has 0 aliphatic carbocycles. The van der Waals surface area contributed by atoms with Crippen molar-refractivity contribution >= 4 is 31.6 Å². The molecule has 2 rings (SSSR count). The van der Waals surface area contributed by atoms with Crippen molar-refractivity contribution in [2.75, 3.05) is 6.54 Å². The van der Waals surface area contributed by atoms with Gasteiger partial charge in [0, 0.05) is 16.8 Å². The van der Waals surface area contributed by atoms with Crippen LogP contribution in [0.15, 0.2) is 29.6 Å². The van der Waals surface area contributed by atoms with E-state index >= 15 is 0 Å². The second-order valence-electron chi connectivity index (χ2n) is 3.55. The van der Waals surface area contributed by atoms with E-state index in [2.05, 4.69) is 0 Å². The van der Waals surface area contributed by atoms with Gasteiger partial charge < -0.3 is 0 Å².